The smallest absolute Gasteiger partial charge is 0.316 e. The Labute approximate surface area is 137 Å². The Morgan fingerprint density at radius 2 is 2.09 bits per heavy atom. The lowest BCUT2D eigenvalue weighted by atomic mass is 10.3. The Hall–Kier alpha value is -2.07. The number of aryl methyl sites for hydroxylation is 1. The molecule has 9 nitrogen and oxygen atoms in total. The van der Waals surface area contributed by atoms with Crippen molar-refractivity contribution in [2.24, 2.45) is 7.05 Å². The quantitative estimate of drug-likeness (QED) is 0.509. The lowest BCUT2D eigenvalue weighted by Gasteiger charge is -2.09. The first kappa shape index (κ1) is 17.3. The Kier molecular flexibility index (Phi) is 5.99. The van der Waals surface area contributed by atoms with Crippen LogP contribution in [0.15, 0.2) is 11.4 Å². The van der Waals surface area contributed by atoms with Crippen molar-refractivity contribution in [3.05, 3.63) is 6.20 Å². The van der Waals surface area contributed by atoms with Crippen molar-refractivity contribution in [2.75, 3.05) is 33.7 Å². The van der Waals surface area contributed by atoms with Gasteiger partial charge in [0.15, 0.2) is 11.0 Å². The number of aromatic nitrogens is 5. The summed E-state index contributed by atoms with van der Waals surface area (Å²) in [6.07, 6.45) is 1.81. The maximum Gasteiger partial charge on any atom is 0.316 e. The molecule has 0 aliphatic carbocycles. The van der Waals surface area contributed by atoms with Gasteiger partial charge in [-0.25, -0.2) is 0 Å². The van der Waals surface area contributed by atoms with Gasteiger partial charge in [0.05, 0.1) is 33.1 Å². The van der Waals surface area contributed by atoms with Gasteiger partial charge in [-0.05, 0) is 0 Å². The van der Waals surface area contributed by atoms with Gasteiger partial charge in [0.25, 0.3) is 0 Å². The molecular formula is C13H19N5O4S. The van der Waals surface area contributed by atoms with Crippen molar-refractivity contribution >= 4 is 17.7 Å². The van der Waals surface area contributed by atoms with Crippen molar-refractivity contribution in [3.63, 3.8) is 0 Å². The Morgan fingerprint density at radius 3 is 2.74 bits per heavy atom. The van der Waals surface area contributed by atoms with Crippen LogP contribution in [0.5, 0.6) is 5.88 Å². The predicted molar refractivity (Wildman–Crippen MR) is 83.4 cm³/mol. The first-order chi connectivity index (χ1) is 11.1. The summed E-state index contributed by atoms with van der Waals surface area (Å²) in [5.41, 5.74) is 0.725. The average Bonchev–Trinajstić information content (AvgIpc) is 3.12. The number of hydrogen-bond acceptors (Lipinski definition) is 8. The zero-order valence-electron chi connectivity index (χ0n) is 13.5. The van der Waals surface area contributed by atoms with E-state index < -0.39 is 0 Å². The van der Waals surface area contributed by atoms with Gasteiger partial charge in [-0.2, -0.15) is 0 Å². The van der Waals surface area contributed by atoms with E-state index >= 15 is 0 Å². The van der Waals surface area contributed by atoms with Gasteiger partial charge >= 0.3 is 5.97 Å². The number of nitrogens with zero attached hydrogens (tertiary/aromatic N) is 5. The lowest BCUT2D eigenvalue weighted by Crippen LogP contribution is -2.09. The molecule has 0 spiro atoms. The monoisotopic (exact) mass is 341 g/mol. The molecule has 0 unspecified atom stereocenters. The standard InChI is InChI=1S/C13H19N5O4S/c1-17-7-9(12(16-17)22-4)11-14-15-13(18(11)5-6-20-2)23-8-10(19)21-3/h7H,5-6,8H2,1-4H3. The van der Waals surface area contributed by atoms with E-state index in [0.29, 0.717) is 30.0 Å². The number of esters is 1. The van der Waals surface area contributed by atoms with Crippen LogP contribution in [0.2, 0.25) is 0 Å². The van der Waals surface area contributed by atoms with Crippen LogP contribution in [-0.4, -0.2) is 64.2 Å². The number of carbonyl (C=O) groups is 1. The molecule has 0 saturated carbocycles. The average molecular weight is 341 g/mol. The minimum atomic E-state index is -0.322. The van der Waals surface area contributed by atoms with E-state index in [9.17, 15) is 4.79 Å². The summed E-state index contributed by atoms with van der Waals surface area (Å²) in [5.74, 6) is 0.908. The first-order valence-corrected chi connectivity index (χ1v) is 7.79. The molecule has 0 fully saturated rings. The molecule has 2 aromatic rings. The van der Waals surface area contributed by atoms with E-state index in [-0.39, 0.29) is 11.7 Å². The third kappa shape index (κ3) is 4.02. The molecule has 0 atom stereocenters. The van der Waals surface area contributed by atoms with Crippen LogP contribution in [0.25, 0.3) is 11.4 Å². The summed E-state index contributed by atoms with van der Waals surface area (Å²) < 4.78 is 18.6. The molecule has 0 aliphatic heterocycles. The second kappa shape index (κ2) is 7.97. The molecule has 10 heteroatoms. The fraction of sp³-hybridized carbons (Fsp3) is 0.538. The second-order valence-electron chi connectivity index (χ2n) is 4.54. The summed E-state index contributed by atoms with van der Waals surface area (Å²) in [7, 11) is 6.32. The zero-order chi connectivity index (χ0) is 16.8. The fourth-order valence-electron chi connectivity index (χ4n) is 1.93. The van der Waals surface area contributed by atoms with Gasteiger partial charge in [0.2, 0.25) is 5.88 Å². The lowest BCUT2D eigenvalue weighted by molar-refractivity contribution is -0.137. The molecule has 2 aromatic heterocycles. The van der Waals surface area contributed by atoms with Gasteiger partial charge in [0.1, 0.15) is 5.56 Å². The van der Waals surface area contributed by atoms with Gasteiger partial charge in [-0.15, -0.1) is 15.3 Å². The van der Waals surface area contributed by atoms with Crippen LogP contribution >= 0.6 is 11.8 Å². The second-order valence-corrected chi connectivity index (χ2v) is 5.48. The van der Waals surface area contributed by atoms with Gasteiger partial charge in [-0.1, -0.05) is 11.8 Å². The molecule has 0 amide bonds. The number of hydrogen-bond donors (Lipinski definition) is 0. The van der Waals surface area contributed by atoms with Crippen LogP contribution in [0.1, 0.15) is 0 Å². The van der Waals surface area contributed by atoms with Crippen LogP contribution in [0.3, 0.4) is 0 Å². The molecule has 2 rings (SSSR count). The molecule has 0 saturated heterocycles. The van der Waals surface area contributed by atoms with Crippen LogP contribution < -0.4 is 4.74 Å². The van der Waals surface area contributed by atoms with Crippen molar-refractivity contribution in [3.8, 4) is 17.3 Å². The molecule has 2 heterocycles. The molecular weight excluding hydrogens is 322 g/mol. The molecule has 0 N–H and O–H groups in total. The fourth-order valence-corrected chi connectivity index (χ4v) is 2.73. The minimum absolute atomic E-state index is 0.159. The number of methoxy groups -OCH3 is 3. The number of rotatable bonds is 8. The third-order valence-electron chi connectivity index (χ3n) is 3.01. The van der Waals surface area contributed by atoms with Crippen LogP contribution in [0.4, 0.5) is 0 Å². The summed E-state index contributed by atoms with van der Waals surface area (Å²) in [6, 6.07) is 0. The van der Waals surface area contributed by atoms with Crippen molar-refractivity contribution < 1.29 is 19.0 Å². The highest BCUT2D eigenvalue weighted by atomic mass is 32.2. The molecule has 0 aromatic carbocycles. The topological polar surface area (TPSA) is 93.3 Å². The summed E-state index contributed by atoms with van der Waals surface area (Å²) in [6.45, 7) is 1.03. The Morgan fingerprint density at radius 1 is 1.30 bits per heavy atom. The molecule has 0 aliphatic rings. The largest absolute Gasteiger partial charge is 0.479 e. The zero-order valence-corrected chi connectivity index (χ0v) is 14.3. The summed E-state index contributed by atoms with van der Waals surface area (Å²) in [4.78, 5) is 11.3. The third-order valence-corrected chi connectivity index (χ3v) is 3.95. The molecule has 0 bridgehead atoms. The van der Waals surface area contributed by atoms with E-state index in [2.05, 4.69) is 20.0 Å². The van der Waals surface area contributed by atoms with Crippen LogP contribution in [0, 0.1) is 0 Å². The number of carbonyl (C=O) groups excluding carboxylic acids is 1. The highest BCUT2D eigenvalue weighted by molar-refractivity contribution is 7.99. The van der Waals surface area contributed by atoms with Crippen molar-refractivity contribution in [1.82, 2.24) is 24.5 Å². The SMILES string of the molecule is COCCn1c(SCC(=O)OC)nnc1-c1cn(C)nc1OC. The first-order valence-electron chi connectivity index (χ1n) is 6.80. The summed E-state index contributed by atoms with van der Waals surface area (Å²) >= 11 is 1.26. The highest BCUT2D eigenvalue weighted by Gasteiger charge is 2.20. The van der Waals surface area contributed by atoms with Crippen molar-refractivity contribution in [2.45, 2.75) is 11.7 Å². The number of thioether (sulfide) groups is 1. The van der Waals surface area contributed by atoms with Crippen molar-refractivity contribution in [1.29, 1.82) is 0 Å². The maximum atomic E-state index is 11.3. The normalized spacial score (nSPS) is 10.8. The highest BCUT2D eigenvalue weighted by Crippen LogP contribution is 2.29. The Bertz CT molecular complexity index is 669. The Balaban J connectivity index is 2.34. The van der Waals surface area contributed by atoms with E-state index in [1.165, 1.54) is 18.9 Å². The van der Waals surface area contributed by atoms with E-state index in [4.69, 9.17) is 9.47 Å². The predicted octanol–water partition coefficient (Wildman–Crippen LogP) is 0.599. The van der Waals surface area contributed by atoms with E-state index in [1.54, 1.807) is 32.1 Å². The van der Waals surface area contributed by atoms with Gasteiger partial charge in [-0.3, -0.25) is 14.0 Å². The molecule has 23 heavy (non-hydrogen) atoms. The van der Waals surface area contributed by atoms with Crippen LogP contribution in [-0.2, 0) is 27.9 Å². The number of ether oxygens (including phenoxy) is 3. The van der Waals surface area contributed by atoms with Gasteiger partial charge < -0.3 is 14.2 Å². The van der Waals surface area contributed by atoms with Gasteiger partial charge in [0, 0.05) is 20.4 Å². The summed E-state index contributed by atoms with van der Waals surface area (Å²) in [5, 5.41) is 13.2. The minimum Gasteiger partial charge on any atom is -0.479 e. The van der Waals surface area contributed by atoms with E-state index in [0.717, 1.165) is 5.56 Å². The molecule has 126 valence electrons. The maximum absolute atomic E-state index is 11.3. The molecule has 0 radical (unpaired) electrons. The van der Waals surface area contributed by atoms with E-state index in [1.807, 2.05) is 4.57 Å².